The summed E-state index contributed by atoms with van der Waals surface area (Å²) in [5.41, 5.74) is 0.581. The predicted molar refractivity (Wildman–Crippen MR) is 73.7 cm³/mol. The van der Waals surface area contributed by atoms with Crippen LogP contribution in [-0.4, -0.2) is 25.8 Å². The molecule has 0 amide bonds. The predicted octanol–water partition coefficient (Wildman–Crippen LogP) is 2.98. The topological polar surface area (TPSA) is 44.8 Å². The van der Waals surface area contributed by atoms with Crippen LogP contribution in [0.2, 0.25) is 0 Å². The van der Waals surface area contributed by atoms with Crippen LogP contribution in [0.4, 0.5) is 0 Å². The Labute approximate surface area is 114 Å². The van der Waals surface area contributed by atoms with Gasteiger partial charge < -0.3 is 14.2 Å². The molecule has 0 fully saturated rings. The van der Waals surface area contributed by atoms with E-state index in [1.807, 2.05) is 39.0 Å². The van der Waals surface area contributed by atoms with Crippen LogP contribution in [0, 0.1) is 0 Å². The molecule has 0 aromatic heterocycles. The average Bonchev–Trinajstić information content (AvgIpc) is 2.33. The van der Waals surface area contributed by atoms with Crippen molar-refractivity contribution in [1.29, 1.82) is 0 Å². The van der Waals surface area contributed by atoms with E-state index < -0.39 is 5.60 Å². The van der Waals surface area contributed by atoms with Crippen molar-refractivity contribution in [3.8, 4) is 11.5 Å². The number of ether oxygens (including phenoxy) is 3. The Kier molecular flexibility index (Phi) is 5.21. The zero-order valence-corrected chi connectivity index (χ0v) is 12.3. The van der Waals surface area contributed by atoms with Gasteiger partial charge in [0.1, 0.15) is 5.60 Å². The first kappa shape index (κ1) is 15.3. The summed E-state index contributed by atoms with van der Waals surface area (Å²) in [6, 6.07) is 5.64. The van der Waals surface area contributed by atoms with E-state index in [1.54, 1.807) is 14.2 Å². The van der Waals surface area contributed by atoms with Crippen LogP contribution in [0.25, 0.3) is 0 Å². The van der Waals surface area contributed by atoms with E-state index in [0.717, 1.165) is 5.56 Å². The van der Waals surface area contributed by atoms with Gasteiger partial charge in [-0.2, -0.15) is 0 Å². The second kappa shape index (κ2) is 6.45. The summed E-state index contributed by atoms with van der Waals surface area (Å²) >= 11 is 0. The first-order chi connectivity index (χ1) is 8.85. The van der Waals surface area contributed by atoms with E-state index in [2.05, 4.69) is 0 Å². The van der Waals surface area contributed by atoms with E-state index in [0.29, 0.717) is 24.3 Å². The van der Waals surface area contributed by atoms with Crippen molar-refractivity contribution >= 4 is 5.97 Å². The van der Waals surface area contributed by atoms with Gasteiger partial charge in [-0.15, -0.1) is 0 Å². The molecule has 0 radical (unpaired) electrons. The average molecular weight is 266 g/mol. The number of aryl methyl sites for hydroxylation is 1. The molecule has 0 N–H and O–H groups in total. The van der Waals surface area contributed by atoms with Crippen LogP contribution in [0.5, 0.6) is 11.5 Å². The highest BCUT2D eigenvalue weighted by Crippen LogP contribution is 2.28. The molecular weight excluding hydrogens is 244 g/mol. The Balaban J connectivity index is 2.61. The maximum absolute atomic E-state index is 11.6. The molecule has 19 heavy (non-hydrogen) atoms. The highest BCUT2D eigenvalue weighted by molar-refractivity contribution is 5.70. The van der Waals surface area contributed by atoms with Gasteiger partial charge in [-0.05, 0) is 44.9 Å². The van der Waals surface area contributed by atoms with Crippen molar-refractivity contribution in [3.63, 3.8) is 0 Å². The number of methoxy groups -OCH3 is 2. The third-order valence-corrected chi connectivity index (χ3v) is 2.49. The van der Waals surface area contributed by atoms with Crippen molar-refractivity contribution in [2.24, 2.45) is 0 Å². The zero-order chi connectivity index (χ0) is 14.5. The number of rotatable bonds is 5. The lowest BCUT2D eigenvalue weighted by molar-refractivity contribution is -0.154. The Morgan fingerprint density at radius 3 is 2.26 bits per heavy atom. The van der Waals surface area contributed by atoms with E-state index in [-0.39, 0.29) is 5.97 Å². The fourth-order valence-corrected chi connectivity index (χ4v) is 1.68. The number of hydrogen-bond donors (Lipinski definition) is 0. The Bertz CT molecular complexity index is 432. The van der Waals surface area contributed by atoms with E-state index in [1.165, 1.54) is 0 Å². The molecular formula is C15H22O4. The lowest BCUT2D eigenvalue weighted by atomic mass is 10.1. The third-order valence-electron chi connectivity index (χ3n) is 2.49. The summed E-state index contributed by atoms with van der Waals surface area (Å²) in [7, 11) is 3.19. The largest absolute Gasteiger partial charge is 0.493 e. The molecule has 0 bridgehead atoms. The van der Waals surface area contributed by atoms with Gasteiger partial charge in [0.15, 0.2) is 11.5 Å². The lowest BCUT2D eigenvalue weighted by Crippen LogP contribution is -2.24. The minimum atomic E-state index is -0.436. The molecule has 0 spiro atoms. The van der Waals surface area contributed by atoms with Crippen LogP contribution < -0.4 is 9.47 Å². The summed E-state index contributed by atoms with van der Waals surface area (Å²) in [5.74, 6) is 1.16. The standard InChI is InChI=1S/C15H22O4/c1-15(2,3)19-14(16)9-7-11-6-8-12(17-4)13(10-11)18-5/h6,8,10H,7,9H2,1-5H3. The maximum atomic E-state index is 11.6. The number of benzene rings is 1. The first-order valence-corrected chi connectivity index (χ1v) is 6.28. The monoisotopic (exact) mass is 266 g/mol. The number of esters is 1. The van der Waals surface area contributed by atoms with Gasteiger partial charge in [-0.25, -0.2) is 0 Å². The van der Waals surface area contributed by atoms with Gasteiger partial charge in [0.05, 0.1) is 14.2 Å². The molecule has 1 rings (SSSR count). The molecule has 0 atom stereocenters. The molecule has 1 aromatic rings. The molecule has 0 unspecified atom stereocenters. The number of hydrogen-bond acceptors (Lipinski definition) is 4. The smallest absolute Gasteiger partial charge is 0.306 e. The Hall–Kier alpha value is -1.71. The van der Waals surface area contributed by atoms with Crippen LogP contribution in [0.1, 0.15) is 32.8 Å². The number of carbonyl (C=O) groups is 1. The van der Waals surface area contributed by atoms with Crippen molar-refractivity contribution in [2.45, 2.75) is 39.2 Å². The molecule has 4 heteroatoms. The van der Waals surface area contributed by atoms with E-state index >= 15 is 0 Å². The normalized spacial score (nSPS) is 11.0. The van der Waals surface area contributed by atoms with Crippen LogP contribution >= 0.6 is 0 Å². The van der Waals surface area contributed by atoms with Gasteiger partial charge >= 0.3 is 5.97 Å². The van der Waals surface area contributed by atoms with Crippen LogP contribution in [0.15, 0.2) is 18.2 Å². The molecule has 0 aliphatic rings. The van der Waals surface area contributed by atoms with E-state index in [4.69, 9.17) is 14.2 Å². The molecule has 0 aliphatic carbocycles. The Morgan fingerprint density at radius 2 is 1.74 bits per heavy atom. The molecule has 0 aliphatic heterocycles. The summed E-state index contributed by atoms with van der Waals surface area (Å²) in [5, 5.41) is 0. The molecule has 1 aromatic carbocycles. The Morgan fingerprint density at radius 1 is 1.11 bits per heavy atom. The third kappa shape index (κ3) is 5.20. The second-order valence-electron chi connectivity index (χ2n) is 5.28. The van der Waals surface area contributed by atoms with Crippen LogP contribution in [0.3, 0.4) is 0 Å². The SMILES string of the molecule is COc1ccc(CCC(=O)OC(C)(C)C)cc1OC. The zero-order valence-electron chi connectivity index (χ0n) is 12.3. The summed E-state index contributed by atoms with van der Waals surface area (Å²) in [6.45, 7) is 5.59. The van der Waals surface area contributed by atoms with Crippen LogP contribution in [-0.2, 0) is 16.0 Å². The fraction of sp³-hybridized carbons (Fsp3) is 0.533. The summed E-state index contributed by atoms with van der Waals surface area (Å²) in [6.07, 6.45) is 0.974. The van der Waals surface area contributed by atoms with Crippen molar-refractivity contribution in [1.82, 2.24) is 0 Å². The van der Waals surface area contributed by atoms with Gasteiger partial charge in [-0.3, -0.25) is 4.79 Å². The first-order valence-electron chi connectivity index (χ1n) is 6.28. The summed E-state index contributed by atoms with van der Waals surface area (Å²) in [4.78, 5) is 11.6. The van der Waals surface area contributed by atoms with Gasteiger partial charge in [-0.1, -0.05) is 6.07 Å². The van der Waals surface area contributed by atoms with Gasteiger partial charge in [0, 0.05) is 6.42 Å². The highest BCUT2D eigenvalue weighted by atomic mass is 16.6. The van der Waals surface area contributed by atoms with E-state index in [9.17, 15) is 4.79 Å². The van der Waals surface area contributed by atoms with Crippen molar-refractivity contribution < 1.29 is 19.0 Å². The van der Waals surface area contributed by atoms with Gasteiger partial charge in [0.2, 0.25) is 0 Å². The second-order valence-corrected chi connectivity index (χ2v) is 5.28. The summed E-state index contributed by atoms with van der Waals surface area (Å²) < 4.78 is 15.7. The highest BCUT2D eigenvalue weighted by Gasteiger charge is 2.16. The molecule has 0 saturated carbocycles. The maximum Gasteiger partial charge on any atom is 0.306 e. The molecule has 106 valence electrons. The van der Waals surface area contributed by atoms with Crippen molar-refractivity contribution in [2.75, 3.05) is 14.2 Å². The number of carbonyl (C=O) groups excluding carboxylic acids is 1. The fourth-order valence-electron chi connectivity index (χ4n) is 1.68. The molecule has 0 saturated heterocycles. The lowest BCUT2D eigenvalue weighted by Gasteiger charge is -2.19. The van der Waals surface area contributed by atoms with Crippen molar-refractivity contribution in [3.05, 3.63) is 23.8 Å². The quantitative estimate of drug-likeness (QED) is 0.769. The van der Waals surface area contributed by atoms with Gasteiger partial charge in [0.25, 0.3) is 0 Å². The molecule has 0 heterocycles. The minimum Gasteiger partial charge on any atom is -0.493 e. The molecule has 4 nitrogen and oxygen atoms in total. The minimum absolute atomic E-state index is 0.192.